The van der Waals surface area contributed by atoms with Gasteiger partial charge in [-0.25, -0.2) is 0 Å². The van der Waals surface area contributed by atoms with Crippen molar-refractivity contribution in [1.82, 2.24) is 0 Å². The number of ketones is 1. The molecule has 0 spiro atoms. The lowest BCUT2D eigenvalue weighted by Gasteiger charge is -2.23. The molecule has 202 valence electrons. The Hall–Kier alpha value is -4.65. The van der Waals surface area contributed by atoms with Crippen LogP contribution in [-0.4, -0.2) is 40.4 Å². The van der Waals surface area contributed by atoms with Crippen LogP contribution in [0.15, 0.2) is 78.9 Å². The Bertz CT molecular complexity index is 1430. The number of ether oxygens (including phenoxy) is 2. The van der Waals surface area contributed by atoms with Gasteiger partial charge in [-0.1, -0.05) is 18.2 Å². The van der Waals surface area contributed by atoms with E-state index in [9.17, 15) is 25.2 Å². The Kier molecular flexibility index (Phi) is 8.61. The zero-order chi connectivity index (χ0) is 27.9. The Morgan fingerprint density at radius 3 is 1.97 bits per heavy atom. The van der Waals surface area contributed by atoms with Gasteiger partial charge < -0.3 is 29.9 Å². The van der Waals surface area contributed by atoms with Crippen molar-refractivity contribution in [1.29, 1.82) is 0 Å². The highest BCUT2D eigenvalue weighted by atomic mass is 16.5. The van der Waals surface area contributed by atoms with E-state index in [1.807, 2.05) is 24.3 Å². The molecule has 0 bridgehead atoms. The highest BCUT2D eigenvalue weighted by molar-refractivity contribution is 5.96. The molecule has 0 amide bonds. The van der Waals surface area contributed by atoms with Gasteiger partial charge in [-0.2, -0.15) is 0 Å². The molecule has 0 radical (unpaired) electrons. The first-order chi connectivity index (χ1) is 18.8. The van der Waals surface area contributed by atoms with Crippen molar-refractivity contribution in [2.24, 2.45) is 0 Å². The highest BCUT2D eigenvalue weighted by Gasteiger charge is 2.22. The predicted octanol–water partition coefficient (Wildman–Crippen LogP) is 6.11. The third-order valence-electron chi connectivity index (χ3n) is 6.91. The maximum Gasteiger partial charge on any atom is 0.163 e. The smallest absolute Gasteiger partial charge is 0.163 e. The number of methoxy groups -OCH3 is 2. The van der Waals surface area contributed by atoms with Gasteiger partial charge >= 0.3 is 0 Å². The van der Waals surface area contributed by atoms with Gasteiger partial charge in [0.25, 0.3) is 0 Å². The third-order valence-corrected chi connectivity index (χ3v) is 6.91. The van der Waals surface area contributed by atoms with Gasteiger partial charge in [0.2, 0.25) is 0 Å². The lowest BCUT2D eigenvalue weighted by atomic mass is 9.84. The highest BCUT2D eigenvalue weighted by Crippen LogP contribution is 2.40. The number of Topliss-reactive ketones (excluding diaryl/α,β-unsaturated/α-hetero) is 1. The average Bonchev–Trinajstić information content (AvgIpc) is 2.94. The summed E-state index contributed by atoms with van der Waals surface area (Å²) in [6.07, 6.45) is 1.62. The van der Waals surface area contributed by atoms with E-state index >= 15 is 0 Å². The van der Waals surface area contributed by atoms with Crippen LogP contribution >= 0.6 is 0 Å². The lowest BCUT2D eigenvalue weighted by Crippen LogP contribution is -2.07. The first-order valence-electron chi connectivity index (χ1n) is 12.7. The van der Waals surface area contributed by atoms with Gasteiger partial charge in [-0.3, -0.25) is 4.79 Å². The number of hydrogen-bond donors (Lipinski definition) is 4. The molecule has 1 unspecified atom stereocenters. The summed E-state index contributed by atoms with van der Waals surface area (Å²) in [6, 6.07) is 21.7. The minimum absolute atomic E-state index is 0.0337. The van der Waals surface area contributed by atoms with Crippen molar-refractivity contribution in [3.05, 3.63) is 107 Å². The minimum Gasteiger partial charge on any atom is -0.508 e. The molecule has 0 saturated carbocycles. The second-order valence-corrected chi connectivity index (χ2v) is 9.37. The summed E-state index contributed by atoms with van der Waals surface area (Å²) in [5.74, 6) is 1.18. The van der Waals surface area contributed by atoms with E-state index in [0.717, 1.165) is 16.7 Å². The molecule has 4 rings (SSSR count). The van der Waals surface area contributed by atoms with Crippen molar-refractivity contribution in [2.45, 2.75) is 31.6 Å². The predicted molar refractivity (Wildman–Crippen MR) is 148 cm³/mol. The quantitative estimate of drug-likeness (QED) is 0.174. The van der Waals surface area contributed by atoms with Gasteiger partial charge in [0.15, 0.2) is 5.78 Å². The minimum atomic E-state index is -0.200. The van der Waals surface area contributed by atoms with E-state index < -0.39 is 0 Å². The number of aryl methyl sites for hydroxylation is 2. The normalized spacial score (nSPS) is 11.6. The maximum atomic E-state index is 12.7. The number of benzene rings is 4. The summed E-state index contributed by atoms with van der Waals surface area (Å²) in [5, 5.41) is 40.6. The number of rotatable bonds is 11. The number of aromatic hydroxyl groups is 4. The van der Waals surface area contributed by atoms with Gasteiger partial charge in [-0.15, -0.1) is 0 Å². The number of carbonyl (C=O) groups excluding carboxylic acids is 1. The first-order valence-corrected chi connectivity index (χ1v) is 12.7. The number of phenolic OH excluding ortho intramolecular Hbond substituents is 4. The fraction of sp³-hybridized carbons (Fsp3) is 0.219. The third kappa shape index (κ3) is 6.62. The molecule has 0 saturated heterocycles. The largest absolute Gasteiger partial charge is 0.508 e. The molecule has 0 heterocycles. The van der Waals surface area contributed by atoms with Gasteiger partial charge in [-0.05, 0) is 84.5 Å². The summed E-state index contributed by atoms with van der Waals surface area (Å²) in [7, 11) is 3.08. The molecule has 0 aliphatic carbocycles. The van der Waals surface area contributed by atoms with Gasteiger partial charge in [0.1, 0.15) is 34.5 Å². The summed E-state index contributed by atoms with van der Waals surface area (Å²) < 4.78 is 10.8. The summed E-state index contributed by atoms with van der Waals surface area (Å²) in [6.45, 7) is 0. The van der Waals surface area contributed by atoms with E-state index in [2.05, 4.69) is 0 Å². The molecule has 0 aliphatic heterocycles. The molecule has 0 aromatic heterocycles. The molecule has 0 aliphatic rings. The Balaban J connectivity index is 1.65. The zero-order valence-corrected chi connectivity index (χ0v) is 21.9. The molecule has 4 aromatic carbocycles. The second kappa shape index (κ2) is 12.3. The molecule has 1 atom stereocenters. The molecular weight excluding hydrogens is 496 g/mol. The van der Waals surface area contributed by atoms with Crippen molar-refractivity contribution >= 4 is 5.78 Å². The average molecular weight is 529 g/mol. The van der Waals surface area contributed by atoms with Crippen LogP contribution in [0.2, 0.25) is 0 Å². The lowest BCUT2D eigenvalue weighted by molar-refractivity contribution is 0.0982. The van der Waals surface area contributed by atoms with Crippen molar-refractivity contribution in [3.63, 3.8) is 0 Å². The molecule has 39 heavy (non-hydrogen) atoms. The van der Waals surface area contributed by atoms with Crippen LogP contribution < -0.4 is 9.47 Å². The van der Waals surface area contributed by atoms with Crippen LogP contribution in [0, 0.1) is 0 Å². The molecule has 7 heteroatoms. The molecular formula is C32H32O7. The van der Waals surface area contributed by atoms with E-state index in [-0.39, 0.29) is 41.1 Å². The van der Waals surface area contributed by atoms with Gasteiger partial charge in [0.05, 0.1) is 14.2 Å². The summed E-state index contributed by atoms with van der Waals surface area (Å²) in [4.78, 5) is 12.7. The fourth-order valence-electron chi connectivity index (χ4n) is 4.71. The van der Waals surface area contributed by atoms with Crippen LogP contribution in [0.25, 0.3) is 0 Å². The molecule has 0 fully saturated rings. The van der Waals surface area contributed by atoms with Crippen LogP contribution in [-0.2, 0) is 12.8 Å². The maximum absolute atomic E-state index is 12.7. The zero-order valence-electron chi connectivity index (χ0n) is 21.9. The fourth-order valence-corrected chi connectivity index (χ4v) is 4.71. The van der Waals surface area contributed by atoms with Crippen molar-refractivity contribution < 1.29 is 34.7 Å². The Morgan fingerprint density at radius 2 is 1.36 bits per heavy atom. The first kappa shape index (κ1) is 27.4. The molecule has 4 N–H and O–H groups in total. The van der Waals surface area contributed by atoms with Crippen molar-refractivity contribution in [2.75, 3.05) is 14.2 Å². The number of hydrogen-bond acceptors (Lipinski definition) is 7. The van der Waals surface area contributed by atoms with Crippen LogP contribution in [0.1, 0.15) is 51.4 Å². The number of carbonyl (C=O) groups is 1. The number of phenols is 4. The van der Waals surface area contributed by atoms with E-state index in [4.69, 9.17) is 9.47 Å². The summed E-state index contributed by atoms with van der Waals surface area (Å²) >= 11 is 0. The molecule has 7 nitrogen and oxygen atoms in total. The Labute approximate surface area is 227 Å². The summed E-state index contributed by atoms with van der Waals surface area (Å²) in [5.41, 5.74) is 3.60. The van der Waals surface area contributed by atoms with Crippen LogP contribution in [0.5, 0.6) is 34.5 Å². The van der Waals surface area contributed by atoms with Crippen LogP contribution in [0.4, 0.5) is 0 Å². The SMILES string of the molecule is COc1ccc(CCC(c2ccc(O)cc2)c2cc(CCC(=O)c3ccc(O)cc3)c(O)cc2OC)c(O)c1. The van der Waals surface area contributed by atoms with Crippen molar-refractivity contribution in [3.8, 4) is 34.5 Å². The topological polar surface area (TPSA) is 116 Å². The Morgan fingerprint density at radius 1 is 0.718 bits per heavy atom. The molecule has 4 aromatic rings. The second-order valence-electron chi connectivity index (χ2n) is 9.37. The standard InChI is InChI=1S/C32H32O7/c1-38-26-14-7-22(30(36)18-26)8-15-27(20-3-10-24(33)11-4-20)28-17-23(31(37)19-32(28)39-2)9-16-29(35)21-5-12-25(34)13-6-21/h3-7,10-14,17-19,27,33-34,36-37H,8-9,15-16H2,1-2H3. The van der Waals surface area contributed by atoms with E-state index in [0.29, 0.717) is 41.9 Å². The van der Waals surface area contributed by atoms with Gasteiger partial charge in [0, 0.05) is 35.6 Å². The van der Waals surface area contributed by atoms with Crippen LogP contribution in [0.3, 0.4) is 0 Å². The van der Waals surface area contributed by atoms with E-state index in [1.165, 1.54) is 19.2 Å². The van der Waals surface area contributed by atoms with E-state index in [1.54, 1.807) is 49.6 Å². The monoisotopic (exact) mass is 528 g/mol.